The van der Waals surface area contributed by atoms with Crippen molar-refractivity contribution in [3.8, 4) is 44.7 Å². The maximum Gasteiger partial charge on any atom is 0.143 e. The van der Waals surface area contributed by atoms with Crippen LogP contribution < -0.4 is 0 Å². The lowest BCUT2D eigenvalue weighted by Crippen LogP contribution is -1.92. The first-order chi connectivity index (χ1) is 29.3. The van der Waals surface area contributed by atoms with Crippen molar-refractivity contribution in [3.63, 3.8) is 0 Å². The first-order valence-corrected chi connectivity index (χ1v) is 20.1. The highest BCUT2D eigenvalue weighted by atomic mass is 16.3. The van der Waals surface area contributed by atoms with Crippen LogP contribution in [0.5, 0.6) is 0 Å². The van der Waals surface area contributed by atoms with Gasteiger partial charge in [-0.1, -0.05) is 152 Å². The van der Waals surface area contributed by atoms with E-state index in [1.54, 1.807) is 0 Å². The summed E-state index contributed by atoms with van der Waals surface area (Å²) < 4.78 is 20.0. The van der Waals surface area contributed by atoms with E-state index in [4.69, 9.17) is 13.3 Å². The zero-order chi connectivity index (χ0) is 38.6. The van der Waals surface area contributed by atoms with Gasteiger partial charge in [0, 0.05) is 38.1 Å². The monoisotopic (exact) mass is 752 g/mol. The third-order valence-electron chi connectivity index (χ3n) is 12.3. The minimum absolute atomic E-state index is 0.839. The summed E-state index contributed by atoms with van der Waals surface area (Å²) in [5, 5.41) is 12.5. The molecule has 3 heterocycles. The summed E-state index contributed by atoms with van der Waals surface area (Å²) in [5.41, 5.74) is 12.2. The fourth-order valence-corrected chi connectivity index (χ4v) is 9.74. The zero-order valence-corrected chi connectivity index (χ0v) is 31.7. The molecule has 0 saturated heterocycles. The lowest BCUT2D eigenvalue weighted by molar-refractivity contribution is 0.633. The number of para-hydroxylation sites is 1. The van der Waals surface area contributed by atoms with Crippen LogP contribution in [0, 0.1) is 0 Å². The number of fused-ring (bicyclic) bond motifs is 12. The number of rotatable bonds is 4. The second-order valence-corrected chi connectivity index (χ2v) is 15.5. The van der Waals surface area contributed by atoms with Crippen molar-refractivity contribution in [2.75, 3.05) is 0 Å². The van der Waals surface area contributed by atoms with E-state index in [-0.39, 0.29) is 0 Å². The molecule has 0 bridgehead atoms. The molecule has 0 saturated carbocycles. The summed E-state index contributed by atoms with van der Waals surface area (Å²) in [4.78, 5) is 0. The van der Waals surface area contributed by atoms with Crippen LogP contribution >= 0.6 is 0 Å². The fraction of sp³-hybridized carbons (Fsp3) is 0. The largest absolute Gasteiger partial charge is 0.456 e. The predicted octanol–water partition coefficient (Wildman–Crippen LogP) is 16.4. The van der Waals surface area contributed by atoms with Crippen LogP contribution in [-0.2, 0) is 0 Å². The molecule has 3 aromatic heterocycles. The molecular formula is C56H32O3. The summed E-state index contributed by atoms with van der Waals surface area (Å²) in [7, 11) is 0. The second kappa shape index (κ2) is 12.3. The van der Waals surface area contributed by atoms with Crippen molar-refractivity contribution in [2.24, 2.45) is 0 Å². The predicted molar refractivity (Wildman–Crippen MR) is 245 cm³/mol. The molecule has 0 unspecified atom stereocenters. The van der Waals surface area contributed by atoms with Gasteiger partial charge in [-0.2, -0.15) is 0 Å². The highest BCUT2D eigenvalue weighted by Gasteiger charge is 2.24. The van der Waals surface area contributed by atoms with Gasteiger partial charge in [-0.15, -0.1) is 0 Å². The van der Waals surface area contributed by atoms with Crippen LogP contribution in [0.2, 0.25) is 0 Å². The molecule has 13 rings (SSSR count). The smallest absolute Gasteiger partial charge is 0.143 e. The highest BCUT2D eigenvalue weighted by molar-refractivity contribution is 6.27. The van der Waals surface area contributed by atoms with Gasteiger partial charge in [0.05, 0.1) is 0 Å². The van der Waals surface area contributed by atoms with Gasteiger partial charge in [-0.05, 0) is 103 Å². The van der Waals surface area contributed by atoms with Crippen LogP contribution in [0.25, 0.3) is 132 Å². The van der Waals surface area contributed by atoms with Crippen LogP contribution in [0.4, 0.5) is 0 Å². The van der Waals surface area contributed by atoms with Crippen LogP contribution in [0.15, 0.2) is 207 Å². The molecule has 0 aliphatic carbocycles. The minimum atomic E-state index is 0.839. The lowest BCUT2D eigenvalue weighted by atomic mass is 9.84. The average Bonchev–Trinajstić information content (AvgIpc) is 4.00. The third kappa shape index (κ3) is 4.70. The Morgan fingerprint density at radius 3 is 1.49 bits per heavy atom. The number of hydrogen-bond donors (Lipinski definition) is 0. The molecule has 59 heavy (non-hydrogen) atoms. The molecule has 0 spiro atoms. The molecule has 10 aromatic carbocycles. The fourth-order valence-electron chi connectivity index (χ4n) is 9.74. The van der Waals surface area contributed by atoms with Crippen molar-refractivity contribution in [1.29, 1.82) is 0 Å². The summed E-state index contributed by atoms with van der Waals surface area (Å²) in [5.74, 6) is 0.855. The molecule has 0 aliphatic heterocycles. The second-order valence-electron chi connectivity index (χ2n) is 15.5. The molecule has 0 aliphatic rings. The first kappa shape index (κ1) is 32.2. The van der Waals surface area contributed by atoms with Gasteiger partial charge >= 0.3 is 0 Å². The molecule has 0 fully saturated rings. The Kier molecular flexibility index (Phi) is 6.72. The van der Waals surface area contributed by atoms with Gasteiger partial charge in [0.15, 0.2) is 0 Å². The first-order valence-electron chi connectivity index (χ1n) is 20.1. The van der Waals surface area contributed by atoms with E-state index in [1.807, 2.05) is 24.3 Å². The standard InChI is InChI=1S/C56H32O3/c1-3-14-34(15-4-1)50-39-19-9-10-20-40(39)51(36-23-27-43-49(32-36)58-47-30-29-46-54(55(43)47)42-21-11-12-22-45(42)57-46)44-31-37(24-26-41(44)50)56-52(35-16-5-2-6-17-35)53-38-18-8-7-13-33(38)25-28-48(53)59-56/h1-32H. The molecule has 13 aromatic rings. The van der Waals surface area contributed by atoms with Gasteiger partial charge in [0.2, 0.25) is 0 Å². The van der Waals surface area contributed by atoms with Crippen molar-refractivity contribution in [3.05, 3.63) is 194 Å². The van der Waals surface area contributed by atoms with E-state index in [0.717, 1.165) is 93.8 Å². The van der Waals surface area contributed by atoms with Crippen molar-refractivity contribution in [1.82, 2.24) is 0 Å². The Balaban J connectivity index is 1.13. The lowest BCUT2D eigenvalue weighted by Gasteiger charge is -2.18. The van der Waals surface area contributed by atoms with Crippen LogP contribution in [0.3, 0.4) is 0 Å². The van der Waals surface area contributed by atoms with Crippen molar-refractivity contribution < 1.29 is 13.3 Å². The van der Waals surface area contributed by atoms with Crippen LogP contribution in [0.1, 0.15) is 0 Å². The number of hydrogen-bond acceptors (Lipinski definition) is 3. The quantitative estimate of drug-likeness (QED) is 0.168. The van der Waals surface area contributed by atoms with E-state index in [2.05, 4.69) is 170 Å². The third-order valence-corrected chi connectivity index (χ3v) is 12.3. The maximum atomic E-state index is 6.97. The molecule has 3 nitrogen and oxygen atoms in total. The highest BCUT2D eigenvalue weighted by Crippen LogP contribution is 2.49. The maximum absolute atomic E-state index is 6.97. The molecular weight excluding hydrogens is 721 g/mol. The summed E-state index contributed by atoms with van der Waals surface area (Å²) in [6.45, 7) is 0. The Morgan fingerprint density at radius 2 is 0.746 bits per heavy atom. The molecule has 0 atom stereocenters. The molecule has 0 N–H and O–H groups in total. The van der Waals surface area contributed by atoms with Gasteiger partial charge in [-0.25, -0.2) is 0 Å². The van der Waals surface area contributed by atoms with Crippen molar-refractivity contribution in [2.45, 2.75) is 0 Å². The van der Waals surface area contributed by atoms with Gasteiger partial charge in [0.25, 0.3) is 0 Å². The molecule has 274 valence electrons. The topological polar surface area (TPSA) is 39.4 Å². The van der Waals surface area contributed by atoms with Gasteiger partial charge < -0.3 is 13.3 Å². The normalized spacial score (nSPS) is 12.1. The number of furan rings is 3. The summed E-state index contributed by atoms with van der Waals surface area (Å²) in [6, 6.07) is 69.0. The zero-order valence-electron chi connectivity index (χ0n) is 31.7. The van der Waals surface area contributed by atoms with E-state index >= 15 is 0 Å². The van der Waals surface area contributed by atoms with Crippen molar-refractivity contribution >= 4 is 87.2 Å². The van der Waals surface area contributed by atoms with E-state index in [1.165, 1.54) is 38.1 Å². The Hall–Kier alpha value is -7.88. The Morgan fingerprint density at radius 1 is 0.237 bits per heavy atom. The number of benzene rings is 10. The SMILES string of the molecule is c1ccc(-c2c3ccccc3c(-c3ccc4c(c3)oc3ccc5oc6ccccc6c5c34)c3cc(-c4oc5ccc6ccccc6c5c4-c4ccccc4)ccc23)cc1. The average molecular weight is 753 g/mol. The van der Waals surface area contributed by atoms with Gasteiger partial charge in [-0.3, -0.25) is 0 Å². The van der Waals surface area contributed by atoms with Crippen LogP contribution in [-0.4, -0.2) is 0 Å². The minimum Gasteiger partial charge on any atom is -0.456 e. The molecule has 0 radical (unpaired) electrons. The Labute approximate surface area is 337 Å². The summed E-state index contributed by atoms with van der Waals surface area (Å²) in [6.07, 6.45) is 0. The van der Waals surface area contributed by atoms with Gasteiger partial charge in [0.1, 0.15) is 33.7 Å². The van der Waals surface area contributed by atoms with E-state index in [9.17, 15) is 0 Å². The van der Waals surface area contributed by atoms with E-state index in [0.29, 0.717) is 0 Å². The molecule has 0 amide bonds. The Bertz CT molecular complexity index is 3830. The van der Waals surface area contributed by atoms with E-state index < -0.39 is 0 Å². The molecule has 3 heteroatoms. The summed E-state index contributed by atoms with van der Waals surface area (Å²) >= 11 is 0.